The number of benzene rings is 1. The molecule has 0 spiro atoms. The molecule has 0 fully saturated rings. The van der Waals surface area contributed by atoms with Crippen LogP contribution in [0.4, 0.5) is 4.39 Å². The molecule has 0 bridgehead atoms. The minimum absolute atomic E-state index is 0.0134. The van der Waals surface area contributed by atoms with Crippen LogP contribution in [-0.4, -0.2) is 48.4 Å². The maximum atomic E-state index is 13.3. The summed E-state index contributed by atoms with van der Waals surface area (Å²) in [7, 11) is 1.59. The average Bonchev–Trinajstić information content (AvgIpc) is 3.19. The molecule has 0 aliphatic rings. The third-order valence-corrected chi connectivity index (χ3v) is 6.44. The number of rotatable bonds is 14. The van der Waals surface area contributed by atoms with Crippen molar-refractivity contribution in [2.24, 2.45) is 0 Å². The normalized spacial score (nSPS) is 10.9. The maximum Gasteiger partial charge on any atom is 0.242 e. The van der Waals surface area contributed by atoms with Gasteiger partial charge in [-0.1, -0.05) is 38.3 Å². The van der Waals surface area contributed by atoms with Crippen molar-refractivity contribution < 1.29 is 18.7 Å². The van der Waals surface area contributed by atoms with E-state index < -0.39 is 0 Å². The van der Waals surface area contributed by atoms with Gasteiger partial charge in [0, 0.05) is 31.5 Å². The van der Waals surface area contributed by atoms with E-state index in [4.69, 9.17) is 4.74 Å². The van der Waals surface area contributed by atoms with E-state index in [2.05, 4.69) is 6.92 Å². The number of aryl methyl sites for hydroxylation is 1. The van der Waals surface area contributed by atoms with Crippen LogP contribution < -0.4 is 0 Å². The number of nitrogens with zero attached hydrogens (tertiary/aromatic N) is 2. The van der Waals surface area contributed by atoms with Crippen LogP contribution in [0, 0.1) is 12.7 Å². The number of carbonyl (C=O) groups excluding carboxylic acids is 2. The van der Waals surface area contributed by atoms with Gasteiger partial charge in [-0.3, -0.25) is 9.59 Å². The van der Waals surface area contributed by atoms with Crippen molar-refractivity contribution in [3.05, 3.63) is 57.5 Å². The molecule has 0 aliphatic heterocycles. The van der Waals surface area contributed by atoms with Gasteiger partial charge in [-0.25, -0.2) is 4.39 Å². The predicted octanol–water partition coefficient (Wildman–Crippen LogP) is 5.17. The molecule has 32 heavy (non-hydrogen) atoms. The predicted molar refractivity (Wildman–Crippen MR) is 127 cm³/mol. The van der Waals surface area contributed by atoms with Crippen LogP contribution in [-0.2, 0) is 27.4 Å². The van der Waals surface area contributed by atoms with Crippen LogP contribution in [0.5, 0.6) is 0 Å². The van der Waals surface area contributed by atoms with Gasteiger partial charge in [-0.05, 0) is 48.1 Å². The van der Waals surface area contributed by atoms with Crippen LogP contribution in [0.2, 0.25) is 0 Å². The third kappa shape index (κ3) is 8.71. The Hall–Kier alpha value is -2.25. The Bertz CT molecular complexity index is 838. The highest BCUT2D eigenvalue weighted by molar-refractivity contribution is 7.10. The minimum Gasteiger partial charge on any atom is -0.383 e. The van der Waals surface area contributed by atoms with Gasteiger partial charge in [0.05, 0.1) is 19.7 Å². The van der Waals surface area contributed by atoms with Gasteiger partial charge >= 0.3 is 0 Å². The van der Waals surface area contributed by atoms with Gasteiger partial charge in [0.25, 0.3) is 0 Å². The first-order valence-corrected chi connectivity index (χ1v) is 12.1. The van der Waals surface area contributed by atoms with Crippen LogP contribution >= 0.6 is 11.3 Å². The van der Waals surface area contributed by atoms with E-state index in [1.54, 1.807) is 40.4 Å². The average molecular weight is 463 g/mol. The number of halogens is 1. The Morgan fingerprint density at radius 3 is 2.38 bits per heavy atom. The topological polar surface area (TPSA) is 49.9 Å². The smallest absolute Gasteiger partial charge is 0.242 e. The SMILES string of the molecule is CCCCCCC(=O)N(CCOC)CC(=O)N(Cc1ccc(F)cc1)Cc1sccc1C. The molecule has 1 aromatic carbocycles. The third-order valence-electron chi connectivity index (χ3n) is 5.43. The molecule has 1 heterocycles. The summed E-state index contributed by atoms with van der Waals surface area (Å²) in [6, 6.07) is 8.22. The fraction of sp³-hybridized carbons (Fsp3) is 0.520. The molecule has 0 unspecified atom stereocenters. The van der Waals surface area contributed by atoms with Crippen LogP contribution in [0.25, 0.3) is 0 Å². The van der Waals surface area contributed by atoms with E-state index in [1.807, 2.05) is 18.4 Å². The molecule has 0 radical (unpaired) electrons. The molecule has 7 heteroatoms. The molecule has 2 rings (SSSR count). The standard InChI is InChI=1S/C25H35FN2O3S/c1-4-5-6-7-8-24(29)27(14-15-31-3)19-25(30)28(18-23-20(2)13-16-32-23)17-21-9-11-22(26)12-10-21/h9-13,16H,4-8,14-15,17-19H2,1-3H3. The lowest BCUT2D eigenvalue weighted by atomic mass is 10.1. The lowest BCUT2D eigenvalue weighted by molar-refractivity contribution is -0.141. The lowest BCUT2D eigenvalue weighted by Gasteiger charge is -2.28. The van der Waals surface area contributed by atoms with Crippen LogP contribution in [0.3, 0.4) is 0 Å². The van der Waals surface area contributed by atoms with E-state index >= 15 is 0 Å². The van der Waals surface area contributed by atoms with Crippen molar-refractivity contribution in [1.29, 1.82) is 0 Å². The summed E-state index contributed by atoms with van der Waals surface area (Å²) in [4.78, 5) is 30.6. The highest BCUT2D eigenvalue weighted by Gasteiger charge is 2.22. The fourth-order valence-electron chi connectivity index (χ4n) is 3.40. The summed E-state index contributed by atoms with van der Waals surface area (Å²) >= 11 is 1.61. The summed E-state index contributed by atoms with van der Waals surface area (Å²) in [5.41, 5.74) is 1.98. The van der Waals surface area contributed by atoms with Gasteiger partial charge in [0.2, 0.25) is 11.8 Å². The first kappa shape index (κ1) is 26.0. The Balaban J connectivity index is 2.11. The van der Waals surface area contributed by atoms with Crippen molar-refractivity contribution >= 4 is 23.2 Å². The molecule has 5 nitrogen and oxygen atoms in total. The number of hydrogen-bond donors (Lipinski definition) is 0. The van der Waals surface area contributed by atoms with Crippen LogP contribution in [0.1, 0.15) is 55.0 Å². The van der Waals surface area contributed by atoms with E-state index in [1.165, 1.54) is 12.1 Å². The Morgan fingerprint density at radius 2 is 1.75 bits per heavy atom. The van der Waals surface area contributed by atoms with Crippen molar-refractivity contribution in [2.45, 2.75) is 59.0 Å². The van der Waals surface area contributed by atoms with E-state index in [9.17, 15) is 14.0 Å². The first-order valence-electron chi connectivity index (χ1n) is 11.3. The number of thiophene rings is 1. The molecule has 0 saturated carbocycles. The number of methoxy groups -OCH3 is 1. The Morgan fingerprint density at radius 1 is 1.00 bits per heavy atom. The van der Waals surface area contributed by atoms with E-state index in [-0.39, 0.29) is 24.2 Å². The van der Waals surface area contributed by atoms with Gasteiger partial charge in [-0.2, -0.15) is 0 Å². The van der Waals surface area contributed by atoms with Gasteiger partial charge in [0.1, 0.15) is 5.82 Å². The van der Waals surface area contributed by atoms with Crippen LogP contribution in [0.15, 0.2) is 35.7 Å². The highest BCUT2D eigenvalue weighted by atomic mass is 32.1. The largest absolute Gasteiger partial charge is 0.383 e. The monoisotopic (exact) mass is 462 g/mol. The molecule has 2 amide bonds. The fourth-order valence-corrected chi connectivity index (χ4v) is 4.32. The Labute approximate surface area is 195 Å². The number of unbranched alkanes of at least 4 members (excludes halogenated alkanes) is 3. The molecule has 0 N–H and O–H groups in total. The number of carbonyl (C=O) groups is 2. The second kappa shape index (κ2) is 14.0. The van der Waals surface area contributed by atoms with Gasteiger partial charge in [-0.15, -0.1) is 11.3 Å². The van der Waals surface area contributed by atoms with Crippen molar-refractivity contribution in [1.82, 2.24) is 9.80 Å². The minimum atomic E-state index is -0.305. The molecular weight excluding hydrogens is 427 g/mol. The van der Waals surface area contributed by atoms with Gasteiger partial charge in [0.15, 0.2) is 0 Å². The van der Waals surface area contributed by atoms with E-state index in [0.29, 0.717) is 32.7 Å². The van der Waals surface area contributed by atoms with Gasteiger partial charge < -0.3 is 14.5 Å². The molecular formula is C25H35FN2O3S. The molecule has 2 aromatic rings. The summed E-state index contributed by atoms with van der Waals surface area (Å²) in [6.45, 7) is 5.77. The maximum absolute atomic E-state index is 13.3. The summed E-state index contributed by atoms with van der Waals surface area (Å²) in [5.74, 6) is -0.444. The Kier molecular flexibility index (Phi) is 11.4. The second-order valence-electron chi connectivity index (χ2n) is 8.02. The zero-order valence-electron chi connectivity index (χ0n) is 19.4. The summed E-state index contributed by atoms with van der Waals surface area (Å²) in [6.07, 6.45) is 4.51. The molecule has 176 valence electrons. The molecule has 0 saturated heterocycles. The van der Waals surface area contributed by atoms with E-state index in [0.717, 1.165) is 41.7 Å². The number of amides is 2. The summed E-state index contributed by atoms with van der Waals surface area (Å²) in [5, 5.41) is 2.01. The second-order valence-corrected chi connectivity index (χ2v) is 9.02. The first-order chi connectivity index (χ1) is 15.4. The summed E-state index contributed by atoms with van der Waals surface area (Å²) < 4.78 is 18.5. The quantitative estimate of drug-likeness (QED) is 0.364. The number of ether oxygens (including phenoxy) is 1. The van der Waals surface area contributed by atoms with Crippen molar-refractivity contribution in [3.8, 4) is 0 Å². The highest BCUT2D eigenvalue weighted by Crippen LogP contribution is 2.20. The van der Waals surface area contributed by atoms with Crippen molar-refractivity contribution in [3.63, 3.8) is 0 Å². The zero-order valence-corrected chi connectivity index (χ0v) is 20.3. The molecule has 0 aliphatic carbocycles. The lowest BCUT2D eigenvalue weighted by Crippen LogP contribution is -2.43. The molecule has 0 atom stereocenters. The van der Waals surface area contributed by atoms with Crippen molar-refractivity contribution in [2.75, 3.05) is 26.8 Å². The molecule has 1 aromatic heterocycles. The number of hydrogen-bond acceptors (Lipinski definition) is 4. The zero-order chi connectivity index (χ0) is 23.3.